The summed E-state index contributed by atoms with van der Waals surface area (Å²) in [5.74, 6) is -1.56. The summed E-state index contributed by atoms with van der Waals surface area (Å²) in [6, 6.07) is 8.15. The van der Waals surface area contributed by atoms with E-state index in [9.17, 15) is 0 Å². The van der Waals surface area contributed by atoms with Crippen LogP contribution in [0.2, 0.25) is 0 Å². The number of ether oxygens (including phenoxy) is 1. The third-order valence-electron chi connectivity index (χ3n) is 1.09. The van der Waals surface area contributed by atoms with E-state index in [1.807, 2.05) is 12.1 Å². The Bertz CT molecular complexity index is 375. The van der Waals surface area contributed by atoms with Gasteiger partial charge in [0.15, 0.2) is 0 Å². The molecule has 0 fully saturated rings. The van der Waals surface area contributed by atoms with E-state index in [0.717, 1.165) is 52.3 Å². The third-order valence-corrected chi connectivity index (χ3v) is 2.39. The fourth-order valence-electron chi connectivity index (χ4n) is 0.591. The van der Waals surface area contributed by atoms with E-state index in [4.69, 9.17) is 34.4 Å². The number of aliphatic carboxylic acids is 3. The Morgan fingerprint density at radius 2 is 1.10 bits per heavy atom. The summed E-state index contributed by atoms with van der Waals surface area (Å²) in [6.45, 7) is 3.25. The van der Waals surface area contributed by atoms with Crippen LogP contribution in [0.15, 0.2) is 24.3 Å². The number of carboxylic acids is 3. The van der Waals surface area contributed by atoms with Gasteiger partial charge in [0.05, 0.1) is 0 Å². The molecular weight excluding hydrogens is 475 g/mol. The van der Waals surface area contributed by atoms with Crippen molar-refractivity contribution in [3.63, 3.8) is 0 Å². The van der Waals surface area contributed by atoms with Gasteiger partial charge in [-0.1, -0.05) is 0 Å². The minimum absolute atomic E-state index is 0.833. The predicted octanol–water partition coefficient (Wildman–Crippen LogP) is 0.762. The van der Waals surface area contributed by atoms with Crippen LogP contribution in [-0.2, 0) is 14.4 Å². The van der Waals surface area contributed by atoms with Crippen LogP contribution >= 0.6 is 0 Å². The fourth-order valence-corrected chi connectivity index (χ4v) is 1.24. The molecule has 0 spiro atoms. The van der Waals surface area contributed by atoms with Crippen molar-refractivity contribution in [3.8, 4) is 5.75 Å². The predicted molar refractivity (Wildman–Crippen MR) is 78.3 cm³/mol. The quantitative estimate of drug-likeness (QED) is 0.493. The van der Waals surface area contributed by atoms with Crippen molar-refractivity contribution in [2.45, 2.75) is 20.8 Å². The molecule has 3 radical (unpaired) electrons. The molecule has 1 aromatic rings. The Morgan fingerprint density at radius 1 is 0.857 bits per heavy atom. The molecule has 0 unspecified atom stereocenters. The molecule has 8 heteroatoms. The molecule has 21 heavy (non-hydrogen) atoms. The van der Waals surface area contributed by atoms with Crippen LogP contribution in [0.25, 0.3) is 0 Å². The number of hydrogen-bond acceptors (Lipinski definition) is 4. The summed E-state index contributed by atoms with van der Waals surface area (Å²) >= 11 is 1.12. The monoisotopic (exact) mass is 495 g/mol. The van der Waals surface area contributed by atoms with E-state index in [2.05, 4.69) is 12.1 Å². The first-order chi connectivity index (χ1) is 9.52. The molecule has 1 aromatic carbocycles. The number of rotatable bonds is 1. The molecule has 0 atom stereocenters. The zero-order valence-corrected chi connectivity index (χ0v) is 16.2. The molecule has 1 rings (SSSR count). The van der Waals surface area contributed by atoms with Crippen molar-refractivity contribution in [1.82, 2.24) is 0 Å². The average molecular weight is 494 g/mol. The fraction of sp³-hybridized carbons (Fsp3) is 0.308. The van der Waals surface area contributed by atoms with Crippen LogP contribution in [0.3, 0.4) is 0 Å². The van der Waals surface area contributed by atoms with Gasteiger partial charge in [0.25, 0.3) is 17.9 Å². The van der Waals surface area contributed by atoms with Crippen molar-refractivity contribution >= 4 is 46.8 Å². The van der Waals surface area contributed by atoms with Crippen LogP contribution in [-0.4, -0.2) is 66.1 Å². The number of benzene rings is 1. The second-order valence-electron chi connectivity index (χ2n) is 3.29. The second-order valence-corrected chi connectivity index (χ2v) is 5.53. The van der Waals surface area contributed by atoms with Gasteiger partial charge in [-0.2, -0.15) is 0 Å². The van der Waals surface area contributed by atoms with E-state index < -0.39 is 17.9 Å². The van der Waals surface area contributed by atoms with Crippen LogP contribution in [0.1, 0.15) is 20.8 Å². The molecule has 7 nitrogen and oxygen atoms in total. The molecule has 3 N–H and O–H groups in total. The number of methoxy groups -OCH3 is 1. The Morgan fingerprint density at radius 3 is 1.29 bits per heavy atom. The average Bonchev–Trinajstić information content (AvgIpc) is 2.27. The van der Waals surface area contributed by atoms with Crippen LogP contribution in [0.4, 0.5) is 0 Å². The number of hydrogen-bond donors (Lipinski definition) is 3. The molecule has 0 saturated heterocycles. The molecular formula is C13H19O7Pb. The molecule has 0 aliphatic rings. The minimum atomic E-state index is -0.833. The van der Waals surface area contributed by atoms with Gasteiger partial charge in [0, 0.05) is 20.8 Å². The van der Waals surface area contributed by atoms with Crippen molar-refractivity contribution in [2.24, 2.45) is 0 Å². The Balaban J connectivity index is -0.000000230. The summed E-state index contributed by atoms with van der Waals surface area (Å²) < 4.78 is 6.38. The summed E-state index contributed by atoms with van der Waals surface area (Å²) in [6.07, 6.45) is 0. The van der Waals surface area contributed by atoms with E-state index in [1.165, 1.54) is 3.12 Å². The summed E-state index contributed by atoms with van der Waals surface area (Å²) in [5.41, 5.74) is 0. The second kappa shape index (κ2) is 16.4. The Labute approximate surface area is 139 Å². The van der Waals surface area contributed by atoms with Gasteiger partial charge >= 0.3 is 70.8 Å². The first-order valence-corrected chi connectivity index (χ1v) is 7.41. The molecule has 0 bridgehead atoms. The molecule has 0 heterocycles. The number of carboxylic acid groups (broad SMARTS) is 3. The maximum absolute atomic E-state index is 9.00. The summed E-state index contributed by atoms with van der Waals surface area (Å²) in [7, 11) is 1.68. The topological polar surface area (TPSA) is 121 Å². The van der Waals surface area contributed by atoms with Crippen molar-refractivity contribution in [1.29, 1.82) is 0 Å². The standard InChI is InChI=1S/C7H7O.3C2H4O2.Pb/c1-8-7-5-3-2-4-6-7;3*1-2(3)4;/h3-6H,1H3;3*1H3,(H,3,4);. The van der Waals surface area contributed by atoms with Crippen molar-refractivity contribution in [3.05, 3.63) is 24.3 Å². The molecule has 0 saturated carbocycles. The first kappa shape index (κ1) is 24.4. The van der Waals surface area contributed by atoms with E-state index in [0.29, 0.717) is 0 Å². The van der Waals surface area contributed by atoms with E-state index in [-0.39, 0.29) is 0 Å². The maximum atomic E-state index is 9.00. The molecule has 0 aliphatic carbocycles. The van der Waals surface area contributed by atoms with Crippen LogP contribution in [0, 0.1) is 0 Å². The Kier molecular flexibility index (Phi) is 19.0. The zero-order valence-electron chi connectivity index (χ0n) is 12.3. The molecule has 0 amide bonds. The molecule has 117 valence electrons. The zero-order chi connectivity index (χ0) is 17.4. The van der Waals surface area contributed by atoms with E-state index >= 15 is 0 Å². The SMILES string of the molecule is CC(=O)O.CC(=O)O.CC(=O)O.COc1cc[c]([Pb])cc1. The molecule has 0 aliphatic heterocycles. The van der Waals surface area contributed by atoms with Crippen LogP contribution in [0.5, 0.6) is 5.75 Å². The van der Waals surface area contributed by atoms with Gasteiger partial charge in [0.2, 0.25) is 0 Å². The molecule has 0 aromatic heterocycles. The van der Waals surface area contributed by atoms with Gasteiger partial charge < -0.3 is 15.3 Å². The van der Waals surface area contributed by atoms with Gasteiger partial charge in [0.1, 0.15) is 0 Å². The van der Waals surface area contributed by atoms with E-state index in [1.54, 1.807) is 7.11 Å². The Hall–Kier alpha value is -1.65. The van der Waals surface area contributed by atoms with Gasteiger partial charge in [-0.3, -0.25) is 14.4 Å². The summed E-state index contributed by atoms with van der Waals surface area (Å²) in [5, 5.41) is 22.2. The summed E-state index contributed by atoms with van der Waals surface area (Å²) in [4.78, 5) is 27.0. The van der Waals surface area contributed by atoms with Crippen molar-refractivity contribution in [2.75, 3.05) is 7.11 Å². The van der Waals surface area contributed by atoms with Gasteiger partial charge in [-0.25, -0.2) is 0 Å². The first-order valence-electron chi connectivity index (χ1n) is 5.47. The van der Waals surface area contributed by atoms with Gasteiger partial charge in [-0.15, -0.1) is 0 Å². The van der Waals surface area contributed by atoms with Crippen LogP contribution < -0.4 is 7.86 Å². The van der Waals surface area contributed by atoms with Gasteiger partial charge in [-0.05, 0) is 0 Å². The third kappa shape index (κ3) is 45.8. The normalized spacial score (nSPS) is 7.48. The number of carbonyl (C=O) groups is 3. The van der Waals surface area contributed by atoms with Crippen molar-refractivity contribution < 1.29 is 34.4 Å².